The van der Waals surface area contributed by atoms with Crippen LogP contribution in [0.4, 0.5) is 0 Å². The van der Waals surface area contributed by atoms with Crippen LogP contribution >= 0.6 is 0 Å². The van der Waals surface area contributed by atoms with Gasteiger partial charge in [-0.1, -0.05) is 0 Å². The van der Waals surface area contributed by atoms with E-state index in [0.29, 0.717) is 6.54 Å². The van der Waals surface area contributed by atoms with Gasteiger partial charge in [-0.05, 0) is 26.7 Å². The van der Waals surface area contributed by atoms with Crippen molar-refractivity contribution in [2.24, 2.45) is 0 Å². The monoisotopic (exact) mass is 287 g/mol. The number of likely N-dealkylation sites (tertiary alicyclic amines) is 1. The number of carbonyl (C=O) groups is 1. The lowest BCUT2D eigenvalue weighted by molar-refractivity contribution is -0.123. The first-order valence-corrected chi connectivity index (χ1v) is 8.17. The van der Waals surface area contributed by atoms with Gasteiger partial charge in [-0.3, -0.25) is 9.69 Å². The normalized spacial score (nSPS) is 18.8. The highest BCUT2D eigenvalue weighted by Crippen LogP contribution is 2.17. The maximum Gasteiger partial charge on any atom is 0.241 e. The highest BCUT2D eigenvalue weighted by atomic mass is 32.2. The molecule has 0 unspecified atom stereocenters. The highest BCUT2D eigenvalue weighted by molar-refractivity contribution is 7.92. The molecule has 0 aromatic carbocycles. The topological polar surface area (TPSA) is 90.3 Å². The van der Waals surface area contributed by atoms with E-state index in [-0.39, 0.29) is 6.04 Å². The molecule has 0 aliphatic carbocycles. The van der Waals surface area contributed by atoms with E-state index in [4.69, 9.17) is 5.26 Å². The third-order valence-corrected chi connectivity index (χ3v) is 5.73. The average molecular weight is 287 g/mol. The minimum atomic E-state index is -3.44. The number of piperidine rings is 1. The molecule has 1 aliphatic heterocycles. The maximum absolute atomic E-state index is 12.0. The van der Waals surface area contributed by atoms with Gasteiger partial charge in [-0.2, -0.15) is 5.26 Å². The molecule has 1 amide bonds. The van der Waals surface area contributed by atoms with E-state index in [2.05, 4.69) is 11.4 Å². The van der Waals surface area contributed by atoms with Crippen LogP contribution in [0.3, 0.4) is 0 Å². The van der Waals surface area contributed by atoms with E-state index >= 15 is 0 Å². The smallest absolute Gasteiger partial charge is 0.241 e. The molecule has 1 saturated heterocycles. The Bertz CT molecular complexity index is 471. The second-order valence-corrected chi connectivity index (χ2v) is 8.03. The summed E-state index contributed by atoms with van der Waals surface area (Å²) in [6.07, 6.45) is 2.56. The largest absolute Gasteiger partial charge is 0.352 e. The Kier molecular flexibility index (Phi) is 4.93. The Morgan fingerprint density at radius 3 is 2.37 bits per heavy atom. The molecule has 0 spiro atoms. The summed E-state index contributed by atoms with van der Waals surface area (Å²) >= 11 is 0. The van der Waals surface area contributed by atoms with Crippen LogP contribution in [0.5, 0.6) is 0 Å². The Morgan fingerprint density at radius 2 is 1.95 bits per heavy atom. The van der Waals surface area contributed by atoms with Gasteiger partial charge in [0, 0.05) is 25.4 Å². The number of hydrogen-bond donors (Lipinski definition) is 1. The van der Waals surface area contributed by atoms with Crippen LogP contribution in [0.1, 0.15) is 26.7 Å². The molecule has 0 radical (unpaired) electrons. The van der Waals surface area contributed by atoms with E-state index in [1.165, 1.54) is 13.8 Å². The maximum atomic E-state index is 12.0. The first-order chi connectivity index (χ1) is 8.68. The number of amides is 1. The lowest BCUT2D eigenvalue weighted by Gasteiger charge is -2.32. The number of nitrogens with one attached hydrogen (secondary N) is 1. The molecule has 1 rings (SSSR count). The number of rotatable bonds is 4. The second kappa shape index (κ2) is 5.88. The molecule has 0 aromatic heterocycles. The van der Waals surface area contributed by atoms with Crippen LogP contribution in [0, 0.1) is 11.3 Å². The van der Waals surface area contributed by atoms with Gasteiger partial charge in [0.05, 0.1) is 12.6 Å². The van der Waals surface area contributed by atoms with E-state index in [1.54, 1.807) is 0 Å². The molecule has 6 nitrogen and oxygen atoms in total. The molecule has 1 heterocycles. The fourth-order valence-electron chi connectivity index (χ4n) is 1.86. The minimum Gasteiger partial charge on any atom is -0.352 e. The molecule has 0 atom stereocenters. The van der Waals surface area contributed by atoms with Crippen molar-refractivity contribution >= 4 is 15.7 Å². The fraction of sp³-hybridized carbons (Fsp3) is 0.833. The van der Waals surface area contributed by atoms with Crippen LogP contribution < -0.4 is 5.32 Å². The molecule has 7 heteroatoms. The summed E-state index contributed by atoms with van der Waals surface area (Å²) in [4.78, 5) is 14.0. The molecule has 0 bridgehead atoms. The number of carbonyl (C=O) groups excluding carboxylic acids is 1. The number of nitrogens with zero attached hydrogens (tertiary/aromatic N) is 2. The van der Waals surface area contributed by atoms with Crippen LogP contribution in [0.2, 0.25) is 0 Å². The Hall–Kier alpha value is -1.13. The van der Waals surface area contributed by atoms with Crippen molar-refractivity contribution in [3.05, 3.63) is 0 Å². The van der Waals surface area contributed by atoms with Crippen molar-refractivity contribution in [3.63, 3.8) is 0 Å². The van der Waals surface area contributed by atoms with Gasteiger partial charge in [0.25, 0.3) is 0 Å². The summed E-state index contributed by atoms with van der Waals surface area (Å²) < 4.78 is 21.7. The summed E-state index contributed by atoms with van der Waals surface area (Å²) in [5, 5.41) is 11.4. The summed E-state index contributed by atoms with van der Waals surface area (Å²) in [5.41, 5.74) is 0. The lowest BCUT2D eigenvalue weighted by atomic mass is 10.0. The summed E-state index contributed by atoms with van der Waals surface area (Å²) in [6, 6.07) is 2.09. The van der Waals surface area contributed by atoms with Crippen LogP contribution in [-0.4, -0.2) is 55.9 Å². The van der Waals surface area contributed by atoms with Gasteiger partial charge in [0.15, 0.2) is 9.84 Å². The Balaban J connectivity index is 2.55. The minimum absolute atomic E-state index is 0.0107. The first-order valence-electron chi connectivity index (χ1n) is 6.28. The SMILES string of the molecule is CC(C)(C(=O)NC1CCN(CC#N)CC1)S(C)(=O)=O. The van der Waals surface area contributed by atoms with Crippen LogP contribution in [0.15, 0.2) is 0 Å². The Labute approximate surface area is 114 Å². The van der Waals surface area contributed by atoms with Crippen molar-refractivity contribution in [2.75, 3.05) is 25.9 Å². The van der Waals surface area contributed by atoms with E-state index in [9.17, 15) is 13.2 Å². The van der Waals surface area contributed by atoms with Gasteiger partial charge in [0.2, 0.25) is 5.91 Å². The number of nitriles is 1. The molecular formula is C12H21N3O3S. The third-order valence-electron chi connectivity index (χ3n) is 3.69. The predicted molar refractivity (Wildman–Crippen MR) is 72.1 cm³/mol. The molecule has 0 saturated carbocycles. The van der Waals surface area contributed by atoms with Gasteiger partial charge in [-0.15, -0.1) is 0 Å². The van der Waals surface area contributed by atoms with Crippen LogP contribution in [0.25, 0.3) is 0 Å². The number of hydrogen-bond acceptors (Lipinski definition) is 5. The van der Waals surface area contributed by atoms with Gasteiger partial charge in [-0.25, -0.2) is 8.42 Å². The standard InChI is InChI=1S/C12H21N3O3S/c1-12(2,19(3,17)18)11(16)14-10-4-7-15(8-5-10)9-6-13/h10H,4-5,7-9H2,1-3H3,(H,14,16). The van der Waals surface area contributed by atoms with Gasteiger partial charge >= 0.3 is 0 Å². The first kappa shape index (κ1) is 15.9. The lowest BCUT2D eigenvalue weighted by Crippen LogP contribution is -2.53. The van der Waals surface area contributed by atoms with Crippen molar-refractivity contribution in [3.8, 4) is 6.07 Å². The molecule has 1 fully saturated rings. The van der Waals surface area contributed by atoms with E-state index in [1.807, 2.05) is 4.90 Å². The average Bonchev–Trinajstić information content (AvgIpc) is 2.30. The van der Waals surface area contributed by atoms with Crippen molar-refractivity contribution in [2.45, 2.75) is 37.5 Å². The molecule has 19 heavy (non-hydrogen) atoms. The summed E-state index contributed by atoms with van der Waals surface area (Å²) in [6.45, 7) is 4.73. The van der Waals surface area contributed by atoms with Gasteiger partial charge < -0.3 is 5.32 Å². The fourth-order valence-corrected chi connectivity index (χ4v) is 2.26. The number of sulfone groups is 1. The van der Waals surface area contributed by atoms with E-state index in [0.717, 1.165) is 32.2 Å². The van der Waals surface area contributed by atoms with E-state index < -0.39 is 20.5 Å². The van der Waals surface area contributed by atoms with Crippen molar-refractivity contribution < 1.29 is 13.2 Å². The summed E-state index contributed by atoms with van der Waals surface area (Å²) in [5.74, 6) is -0.450. The molecular weight excluding hydrogens is 266 g/mol. The Morgan fingerprint density at radius 1 is 1.42 bits per heavy atom. The molecule has 1 aliphatic rings. The zero-order valence-electron chi connectivity index (χ0n) is 11.6. The second-order valence-electron chi connectivity index (χ2n) is 5.46. The third kappa shape index (κ3) is 3.91. The molecule has 108 valence electrons. The van der Waals surface area contributed by atoms with Crippen molar-refractivity contribution in [1.29, 1.82) is 5.26 Å². The highest BCUT2D eigenvalue weighted by Gasteiger charge is 2.39. The predicted octanol–water partition coefficient (Wildman–Crippen LogP) is -0.0862. The van der Waals surface area contributed by atoms with Gasteiger partial charge in [0.1, 0.15) is 4.75 Å². The van der Waals surface area contributed by atoms with Crippen LogP contribution in [-0.2, 0) is 14.6 Å². The molecule has 1 N–H and O–H groups in total. The quantitative estimate of drug-likeness (QED) is 0.730. The summed E-state index contributed by atoms with van der Waals surface area (Å²) in [7, 11) is -3.44. The molecule has 0 aromatic rings. The zero-order chi connectivity index (χ0) is 14.7. The zero-order valence-corrected chi connectivity index (χ0v) is 12.5. The van der Waals surface area contributed by atoms with Crippen molar-refractivity contribution in [1.82, 2.24) is 10.2 Å².